The molecule has 88 valence electrons. The quantitative estimate of drug-likeness (QED) is 0.714. The Morgan fingerprint density at radius 2 is 1.94 bits per heavy atom. The van der Waals surface area contributed by atoms with Gasteiger partial charge >= 0.3 is 0 Å². The Labute approximate surface area is 108 Å². The summed E-state index contributed by atoms with van der Waals surface area (Å²) in [6, 6.07) is 7.71. The third-order valence-electron chi connectivity index (χ3n) is 2.52. The molecule has 2 heterocycles. The van der Waals surface area contributed by atoms with Crippen molar-refractivity contribution in [3.63, 3.8) is 0 Å². The summed E-state index contributed by atoms with van der Waals surface area (Å²) < 4.78 is 0. The maximum absolute atomic E-state index is 5.94. The Bertz CT molecular complexity index is 664. The van der Waals surface area contributed by atoms with E-state index in [9.17, 15) is 0 Å². The molecule has 0 atom stereocenters. The van der Waals surface area contributed by atoms with Gasteiger partial charge in [-0.15, -0.1) is 11.3 Å². The highest BCUT2D eigenvalue weighted by Crippen LogP contribution is 2.30. The number of thiazole rings is 1. The highest BCUT2D eigenvalue weighted by atomic mass is 32.1. The van der Waals surface area contributed by atoms with Crippen LogP contribution in [0, 0.1) is 0 Å². The molecule has 0 saturated heterocycles. The van der Waals surface area contributed by atoms with E-state index in [2.05, 4.69) is 15.0 Å². The molecule has 18 heavy (non-hydrogen) atoms. The molecular formula is C13H10N4S. The van der Waals surface area contributed by atoms with Crippen molar-refractivity contribution >= 4 is 17.0 Å². The van der Waals surface area contributed by atoms with Gasteiger partial charge in [-0.3, -0.25) is 9.97 Å². The van der Waals surface area contributed by atoms with E-state index in [1.54, 1.807) is 29.9 Å². The van der Waals surface area contributed by atoms with E-state index in [0.29, 0.717) is 0 Å². The van der Waals surface area contributed by atoms with Gasteiger partial charge in [0.1, 0.15) is 16.4 Å². The van der Waals surface area contributed by atoms with Crippen LogP contribution in [0.4, 0.5) is 5.69 Å². The van der Waals surface area contributed by atoms with Gasteiger partial charge in [-0.2, -0.15) is 0 Å². The first-order valence-electron chi connectivity index (χ1n) is 5.41. The summed E-state index contributed by atoms with van der Waals surface area (Å²) >= 11 is 1.55. The molecule has 0 spiro atoms. The Kier molecular flexibility index (Phi) is 2.74. The lowest BCUT2D eigenvalue weighted by atomic mass is 10.2. The smallest absolute Gasteiger partial charge is 0.126 e. The zero-order chi connectivity index (χ0) is 12.4. The molecule has 0 aliphatic rings. The van der Waals surface area contributed by atoms with Crippen molar-refractivity contribution in [2.45, 2.75) is 0 Å². The van der Waals surface area contributed by atoms with Crippen LogP contribution >= 0.6 is 11.3 Å². The highest BCUT2D eigenvalue weighted by molar-refractivity contribution is 7.13. The monoisotopic (exact) mass is 254 g/mol. The summed E-state index contributed by atoms with van der Waals surface area (Å²) in [5.74, 6) is 0. The van der Waals surface area contributed by atoms with E-state index in [1.807, 2.05) is 29.6 Å². The van der Waals surface area contributed by atoms with Crippen molar-refractivity contribution in [2.24, 2.45) is 0 Å². The average molecular weight is 254 g/mol. The first-order chi connectivity index (χ1) is 8.84. The predicted octanol–water partition coefficient (Wildman–Crippen LogP) is 2.85. The molecule has 3 rings (SSSR count). The van der Waals surface area contributed by atoms with Gasteiger partial charge in [-0.25, -0.2) is 4.98 Å². The molecule has 1 aromatic carbocycles. The van der Waals surface area contributed by atoms with Gasteiger partial charge in [-0.1, -0.05) is 12.1 Å². The zero-order valence-corrected chi connectivity index (χ0v) is 10.3. The Hall–Kier alpha value is -2.27. The molecule has 3 aromatic rings. The number of hydrogen-bond donors (Lipinski definition) is 1. The average Bonchev–Trinajstić information content (AvgIpc) is 2.90. The van der Waals surface area contributed by atoms with Crippen LogP contribution in [0.1, 0.15) is 0 Å². The summed E-state index contributed by atoms with van der Waals surface area (Å²) in [7, 11) is 0. The number of hydrogen-bond acceptors (Lipinski definition) is 5. The number of para-hydroxylation sites is 1. The highest BCUT2D eigenvalue weighted by Gasteiger charge is 2.09. The third-order valence-corrected chi connectivity index (χ3v) is 3.40. The molecule has 0 aliphatic carbocycles. The van der Waals surface area contributed by atoms with Gasteiger partial charge in [0.25, 0.3) is 0 Å². The molecular weight excluding hydrogens is 244 g/mol. The number of rotatable bonds is 2. The molecule has 0 saturated carbocycles. The fraction of sp³-hybridized carbons (Fsp3) is 0. The van der Waals surface area contributed by atoms with Crippen molar-refractivity contribution in [1.82, 2.24) is 15.0 Å². The first-order valence-corrected chi connectivity index (χ1v) is 6.29. The van der Waals surface area contributed by atoms with Crippen LogP contribution in [-0.4, -0.2) is 15.0 Å². The van der Waals surface area contributed by atoms with Crippen LogP contribution < -0.4 is 5.73 Å². The minimum absolute atomic E-state index is 0.734. The molecule has 4 nitrogen and oxygen atoms in total. The van der Waals surface area contributed by atoms with Crippen LogP contribution in [0.2, 0.25) is 0 Å². The van der Waals surface area contributed by atoms with E-state index in [1.165, 1.54) is 0 Å². The molecule has 0 fully saturated rings. The lowest BCUT2D eigenvalue weighted by Crippen LogP contribution is -1.89. The number of anilines is 1. The van der Waals surface area contributed by atoms with Crippen molar-refractivity contribution in [2.75, 3.05) is 5.73 Å². The van der Waals surface area contributed by atoms with Gasteiger partial charge in [0.05, 0.1) is 6.20 Å². The molecule has 0 amide bonds. The first kappa shape index (κ1) is 10.9. The molecule has 0 unspecified atom stereocenters. The second-order valence-electron chi connectivity index (χ2n) is 3.72. The van der Waals surface area contributed by atoms with Crippen molar-refractivity contribution in [1.29, 1.82) is 0 Å². The number of nitrogens with zero attached hydrogens (tertiary/aromatic N) is 3. The Balaban J connectivity index is 2.03. The standard InChI is InChI=1S/C13H10N4S/c14-10-4-2-1-3-9(10)13-17-12(8-18-13)11-7-15-5-6-16-11/h1-8H,14H2. The largest absolute Gasteiger partial charge is 0.398 e. The Morgan fingerprint density at radius 1 is 1.06 bits per heavy atom. The van der Waals surface area contributed by atoms with E-state index in [4.69, 9.17) is 5.73 Å². The van der Waals surface area contributed by atoms with Crippen LogP contribution in [0.15, 0.2) is 48.2 Å². The number of benzene rings is 1. The van der Waals surface area contributed by atoms with Gasteiger partial charge in [0.15, 0.2) is 0 Å². The van der Waals surface area contributed by atoms with Gasteiger partial charge < -0.3 is 5.73 Å². The maximum atomic E-state index is 5.94. The molecule has 2 N–H and O–H groups in total. The summed E-state index contributed by atoms with van der Waals surface area (Å²) in [5, 5.41) is 2.86. The second-order valence-corrected chi connectivity index (χ2v) is 4.57. The minimum Gasteiger partial charge on any atom is -0.398 e. The summed E-state index contributed by atoms with van der Waals surface area (Å²) in [5.41, 5.74) is 9.23. The molecule has 2 aromatic heterocycles. The topological polar surface area (TPSA) is 64.7 Å². The van der Waals surface area contributed by atoms with Crippen molar-refractivity contribution in [3.8, 4) is 22.0 Å². The van der Waals surface area contributed by atoms with E-state index < -0.39 is 0 Å². The Morgan fingerprint density at radius 3 is 2.72 bits per heavy atom. The molecule has 0 radical (unpaired) electrons. The zero-order valence-electron chi connectivity index (χ0n) is 9.45. The lowest BCUT2D eigenvalue weighted by molar-refractivity contribution is 1.19. The van der Waals surface area contributed by atoms with Gasteiger partial charge in [0.2, 0.25) is 0 Å². The van der Waals surface area contributed by atoms with E-state index >= 15 is 0 Å². The fourth-order valence-electron chi connectivity index (χ4n) is 1.64. The molecule has 5 heteroatoms. The third kappa shape index (κ3) is 1.96. The number of nitrogens with two attached hydrogens (primary N) is 1. The van der Waals surface area contributed by atoms with Gasteiger partial charge in [0, 0.05) is 29.0 Å². The van der Waals surface area contributed by atoms with Crippen molar-refractivity contribution in [3.05, 3.63) is 48.2 Å². The van der Waals surface area contributed by atoms with E-state index in [0.717, 1.165) is 27.6 Å². The van der Waals surface area contributed by atoms with Gasteiger partial charge in [-0.05, 0) is 12.1 Å². The number of aromatic nitrogens is 3. The summed E-state index contributed by atoms with van der Waals surface area (Å²) in [4.78, 5) is 12.8. The van der Waals surface area contributed by atoms with E-state index in [-0.39, 0.29) is 0 Å². The predicted molar refractivity (Wildman–Crippen MR) is 73.0 cm³/mol. The van der Waals surface area contributed by atoms with Crippen LogP contribution in [0.3, 0.4) is 0 Å². The van der Waals surface area contributed by atoms with Crippen LogP contribution in [0.5, 0.6) is 0 Å². The molecule has 0 bridgehead atoms. The van der Waals surface area contributed by atoms with Crippen LogP contribution in [0.25, 0.3) is 22.0 Å². The minimum atomic E-state index is 0.734. The SMILES string of the molecule is Nc1ccccc1-c1nc(-c2cnccn2)cs1. The lowest BCUT2D eigenvalue weighted by Gasteiger charge is -2.00. The normalized spacial score (nSPS) is 10.4. The second kappa shape index (κ2) is 4.54. The summed E-state index contributed by atoms with van der Waals surface area (Å²) in [6.07, 6.45) is 5.00. The van der Waals surface area contributed by atoms with Crippen molar-refractivity contribution < 1.29 is 0 Å². The number of nitrogen functional groups attached to an aromatic ring is 1. The van der Waals surface area contributed by atoms with Crippen LogP contribution in [-0.2, 0) is 0 Å². The maximum Gasteiger partial charge on any atom is 0.126 e. The molecule has 0 aliphatic heterocycles. The summed E-state index contributed by atoms with van der Waals surface area (Å²) in [6.45, 7) is 0. The fourth-order valence-corrected chi connectivity index (χ4v) is 2.50.